The number of amides is 1. The van der Waals surface area contributed by atoms with Crippen molar-refractivity contribution in [2.75, 3.05) is 25.5 Å². The number of carbonyl (C=O) groups excluding carboxylic acids is 1. The molecule has 0 aliphatic heterocycles. The van der Waals surface area contributed by atoms with Crippen LogP contribution in [-0.2, 0) is 27.1 Å². The average molecular weight is 496 g/mol. The zero-order chi connectivity index (χ0) is 23.5. The van der Waals surface area contributed by atoms with Crippen molar-refractivity contribution in [2.45, 2.75) is 56.0 Å². The summed E-state index contributed by atoms with van der Waals surface area (Å²) >= 11 is 3.03. The maximum absolute atomic E-state index is 12.5. The van der Waals surface area contributed by atoms with Crippen molar-refractivity contribution < 1.29 is 13.2 Å². The Kier molecular flexibility index (Phi) is 7.97. The highest BCUT2D eigenvalue weighted by Gasteiger charge is 2.20. The Labute approximate surface area is 197 Å². The Morgan fingerprint density at radius 1 is 1.22 bits per heavy atom. The third kappa shape index (κ3) is 5.16. The molecule has 0 aliphatic rings. The molecule has 0 radical (unpaired) electrons. The quantitative estimate of drug-likeness (QED) is 0.392. The van der Waals surface area contributed by atoms with Crippen molar-refractivity contribution in [1.82, 2.24) is 18.8 Å². The van der Waals surface area contributed by atoms with Gasteiger partial charge in [-0.1, -0.05) is 25.1 Å². The summed E-state index contributed by atoms with van der Waals surface area (Å²) in [7, 11) is -0.478. The molecule has 3 rings (SSSR count). The third-order valence-electron chi connectivity index (χ3n) is 5.01. The first-order valence-corrected chi connectivity index (χ1v) is 13.8. The Bertz CT molecular complexity index is 1200. The first-order chi connectivity index (χ1) is 15.2. The molecule has 11 heteroatoms. The van der Waals surface area contributed by atoms with Gasteiger partial charge in [-0.05, 0) is 31.5 Å². The number of benzene rings is 1. The second-order valence-corrected chi connectivity index (χ2v) is 11.4. The molecule has 0 bridgehead atoms. The predicted octanol–water partition coefficient (Wildman–Crippen LogP) is 4.21. The van der Waals surface area contributed by atoms with Gasteiger partial charge in [0.25, 0.3) is 0 Å². The van der Waals surface area contributed by atoms with Crippen LogP contribution in [0.25, 0.3) is 11.0 Å². The van der Waals surface area contributed by atoms with E-state index in [9.17, 15) is 13.2 Å². The summed E-state index contributed by atoms with van der Waals surface area (Å²) in [6.07, 6.45) is 2.05. The number of aryl methyl sites for hydroxylation is 1. The Morgan fingerprint density at radius 3 is 2.59 bits per heavy atom. The lowest BCUT2D eigenvalue weighted by Gasteiger charge is -2.14. The minimum atomic E-state index is -3.52. The monoisotopic (exact) mass is 495 g/mol. The smallest absolute Gasteiger partial charge is 0.242 e. The molecule has 3 aromatic rings. The fraction of sp³-hybridized carbons (Fsp3) is 0.476. The summed E-state index contributed by atoms with van der Waals surface area (Å²) in [5.74, 6) is 0.593. The van der Waals surface area contributed by atoms with E-state index in [0.717, 1.165) is 35.8 Å². The van der Waals surface area contributed by atoms with Crippen LogP contribution in [0, 0.1) is 0 Å². The van der Waals surface area contributed by atoms with Crippen LogP contribution in [0.4, 0.5) is 5.13 Å². The van der Waals surface area contributed by atoms with Crippen molar-refractivity contribution in [3.05, 3.63) is 29.3 Å². The Hall–Kier alpha value is -1.95. The van der Waals surface area contributed by atoms with Gasteiger partial charge in [0.05, 0.1) is 21.6 Å². The molecule has 0 saturated carbocycles. The van der Waals surface area contributed by atoms with Crippen LogP contribution < -0.4 is 4.90 Å². The van der Waals surface area contributed by atoms with E-state index in [-0.39, 0.29) is 10.8 Å². The van der Waals surface area contributed by atoms with Crippen LogP contribution in [-0.4, -0.2) is 53.8 Å². The molecule has 32 heavy (non-hydrogen) atoms. The number of imidazole rings is 1. The van der Waals surface area contributed by atoms with Gasteiger partial charge in [0.2, 0.25) is 15.9 Å². The summed E-state index contributed by atoms with van der Waals surface area (Å²) < 4.78 is 28.4. The highest BCUT2D eigenvalue weighted by Crippen LogP contribution is 2.30. The molecule has 0 saturated heterocycles. The van der Waals surface area contributed by atoms with E-state index in [4.69, 9.17) is 4.98 Å². The van der Waals surface area contributed by atoms with Crippen LogP contribution in [0.5, 0.6) is 0 Å². The van der Waals surface area contributed by atoms with E-state index in [1.807, 2.05) is 18.4 Å². The number of thiazole rings is 1. The molecule has 0 atom stereocenters. The number of fused-ring (bicyclic) bond motifs is 1. The van der Waals surface area contributed by atoms with E-state index in [1.54, 1.807) is 35.7 Å². The van der Waals surface area contributed by atoms with Crippen LogP contribution in [0.1, 0.15) is 39.3 Å². The van der Waals surface area contributed by atoms with Gasteiger partial charge >= 0.3 is 0 Å². The van der Waals surface area contributed by atoms with Gasteiger partial charge in [-0.15, -0.1) is 11.3 Å². The molecule has 1 amide bonds. The normalized spacial score (nSPS) is 12.1. The molecule has 2 aromatic heterocycles. The van der Waals surface area contributed by atoms with Crippen molar-refractivity contribution in [3.8, 4) is 0 Å². The Morgan fingerprint density at radius 2 is 1.97 bits per heavy atom. The summed E-state index contributed by atoms with van der Waals surface area (Å²) in [6, 6.07) is 5.12. The molecule has 0 unspecified atom stereocenters. The Balaban J connectivity index is 1.90. The standard InChI is InChI=1S/C21H29N5O3S3/c1-6-8-11-26-19-10-9-17(32(28,29)24(4)5)12-18(19)23-21(26)31-14-16-13-30-20(22-16)25(7-2)15(3)27/h9-10,12-13H,6-8,11,14H2,1-5H3. The number of hydrogen-bond donors (Lipinski definition) is 0. The van der Waals surface area contributed by atoms with Crippen LogP contribution in [0.3, 0.4) is 0 Å². The number of aromatic nitrogens is 3. The van der Waals surface area contributed by atoms with Crippen molar-refractivity contribution in [1.29, 1.82) is 0 Å². The van der Waals surface area contributed by atoms with Crippen molar-refractivity contribution >= 4 is 55.2 Å². The molecule has 0 spiro atoms. The molecule has 174 valence electrons. The summed E-state index contributed by atoms with van der Waals surface area (Å²) in [5.41, 5.74) is 2.48. The van der Waals surface area contributed by atoms with E-state index >= 15 is 0 Å². The summed E-state index contributed by atoms with van der Waals surface area (Å²) in [6.45, 7) is 7.00. The van der Waals surface area contributed by atoms with Gasteiger partial charge in [0.1, 0.15) is 0 Å². The molecule has 0 aliphatic carbocycles. The van der Waals surface area contributed by atoms with Gasteiger partial charge in [-0.25, -0.2) is 22.7 Å². The largest absolute Gasteiger partial charge is 0.319 e. The molecule has 1 aromatic carbocycles. The maximum atomic E-state index is 12.5. The van der Waals surface area contributed by atoms with Gasteiger partial charge in [-0.2, -0.15) is 0 Å². The average Bonchev–Trinajstić information content (AvgIpc) is 3.34. The van der Waals surface area contributed by atoms with E-state index in [0.29, 0.717) is 22.9 Å². The van der Waals surface area contributed by atoms with Crippen molar-refractivity contribution in [3.63, 3.8) is 0 Å². The number of carbonyl (C=O) groups is 1. The minimum Gasteiger partial charge on any atom is -0.319 e. The predicted molar refractivity (Wildman–Crippen MR) is 131 cm³/mol. The first kappa shape index (κ1) is 24.7. The topological polar surface area (TPSA) is 88.4 Å². The molecule has 0 fully saturated rings. The molecular weight excluding hydrogens is 466 g/mol. The van der Waals surface area contributed by atoms with Crippen LogP contribution in [0.15, 0.2) is 33.6 Å². The number of thioether (sulfide) groups is 1. The third-order valence-corrected chi connectivity index (χ3v) is 8.75. The molecular formula is C21H29N5O3S3. The van der Waals surface area contributed by atoms with Gasteiger partial charge in [0.15, 0.2) is 10.3 Å². The number of hydrogen-bond acceptors (Lipinski definition) is 7. The van der Waals surface area contributed by atoms with Crippen LogP contribution in [0.2, 0.25) is 0 Å². The van der Waals surface area contributed by atoms with E-state index in [1.165, 1.54) is 29.7 Å². The fourth-order valence-corrected chi connectivity index (χ4v) is 6.11. The van der Waals surface area contributed by atoms with E-state index in [2.05, 4.69) is 16.5 Å². The lowest BCUT2D eigenvalue weighted by molar-refractivity contribution is -0.116. The number of nitrogens with zero attached hydrogens (tertiary/aromatic N) is 5. The van der Waals surface area contributed by atoms with E-state index < -0.39 is 10.0 Å². The number of anilines is 1. The van der Waals surface area contributed by atoms with Gasteiger partial charge < -0.3 is 4.57 Å². The highest BCUT2D eigenvalue weighted by atomic mass is 32.2. The zero-order valence-electron chi connectivity index (χ0n) is 19.0. The second-order valence-electron chi connectivity index (χ2n) is 7.51. The fourth-order valence-electron chi connectivity index (χ4n) is 3.22. The van der Waals surface area contributed by atoms with Crippen molar-refractivity contribution in [2.24, 2.45) is 0 Å². The molecule has 8 nitrogen and oxygen atoms in total. The van der Waals surface area contributed by atoms with Crippen LogP contribution >= 0.6 is 23.1 Å². The SMILES string of the molecule is CCCCn1c(SCc2csc(N(CC)C(C)=O)n2)nc2cc(S(=O)(=O)N(C)C)ccc21. The summed E-state index contributed by atoms with van der Waals surface area (Å²) in [4.78, 5) is 23.0. The maximum Gasteiger partial charge on any atom is 0.242 e. The number of sulfonamides is 1. The number of rotatable bonds is 10. The van der Waals surface area contributed by atoms with Gasteiger partial charge in [0, 0.05) is 45.2 Å². The highest BCUT2D eigenvalue weighted by molar-refractivity contribution is 7.98. The number of unbranched alkanes of at least 4 members (excludes halogenated alkanes) is 1. The lowest BCUT2D eigenvalue weighted by atomic mass is 10.3. The molecule has 2 heterocycles. The molecule has 0 N–H and O–H groups in total. The second kappa shape index (κ2) is 10.3. The summed E-state index contributed by atoms with van der Waals surface area (Å²) in [5, 5.41) is 3.50. The lowest BCUT2D eigenvalue weighted by Crippen LogP contribution is -2.27. The van der Waals surface area contributed by atoms with Gasteiger partial charge in [-0.3, -0.25) is 9.69 Å². The zero-order valence-corrected chi connectivity index (χ0v) is 21.5. The first-order valence-electron chi connectivity index (χ1n) is 10.5. The minimum absolute atomic E-state index is 0.0223.